The number of nitrogens with one attached hydrogen (secondary N) is 3. The molecule has 110 valence electrons. The van der Waals surface area contributed by atoms with E-state index >= 15 is 0 Å². The van der Waals surface area contributed by atoms with E-state index in [1.54, 1.807) is 0 Å². The SMILES string of the molecule is Cl.O=C1CCc2cc(-c3cc4c([nH]3)CCNC4)ccc2N1. The van der Waals surface area contributed by atoms with E-state index in [0.29, 0.717) is 6.42 Å². The third-order valence-corrected chi connectivity index (χ3v) is 4.17. The van der Waals surface area contributed by atoms with Crippen molar-refractivity contribution in [1.29, 1.82) is 0 Å². The van der Waals surface area contributed by atoms with Crippen LogP contribution in [-0.2, 0) is 24.2 Å². The molecule has 2 aromatic rings. The summed E-state index contributed by atoms with van der Waals surface area (Å²) < 4.78 is 0. The average Bonchev–Trinajstić information content (AvgIpc) is 2.90. The summed E-state index contributed by atoms with van der Waals surface area (Å²) >= 11 is 0. The Morgan fingerprint density at radius 2 is 1.90 bits per heavy atom. The predicted octanol–water partition coefficient (Wildman–Crippen LogP) is 2.63. The maximum Gasteiger partial charge on any atom is 0.224 e. The van der Waals surface area contributed by atoms with Crippen molar-refractivity contribution in [3.63, 3.8) is 0 Å². The smallest absolute Gasteiger partial charge is 0.224 e. The van der Waals surface area contributed by atoms with E-state index in [9.17, 15) is 4.79 Å². The van der Waals surface area contributed by atoms with Crippen molar-refractivity contribution < 1.29 is 4.79 Å². The van der Waals surface area contributed by atoms with E-state index in [1.807, 2.05) is 6.07 Å². The highest BCUT2D eigenvalue weighted by molar-refractivity contribution is 5.94. The van der Waals surface area contributed by atoms with Gasteiger partial charge in [0.1, 0.15) is 0 Å². The van der Waals surface area contributed by atoms with E-state index in [0.717, 1.165) is 31.6 Å². The van der Waals surface area contributed by atoms with Crippen LogP contribution in [0, 0.1) is 0 Å². The van der Waals surface area contributed by atoms with Crippen LogP contribution in [0.5, 0.6) is 0 Å². The van der Waals surface area contributed by atoms with Crippen LogP contribution in [-0.4, -0.2) is 17.4 Å². The third-order valence-electron chi connectivity index (χ3n) is 4.17. The summed E-state index contributed by atoms with van der Waals surface area (Å²) in [4.78, 5) is 14.9. The van der Waals surface area contributed by atoms with E-state index in [-0.39, 0.29) is 18.3 Å². The molecule has 2 aliphatic heterocycles. The number of aromatic amines is 1. The van der Waals surface area contributed by atoms with Crippen molar-refractivity contribution in [2.75, 3.05) is 11.9 Å². The standard InChI is InChI=1S/C16H17N3O.ClH/c20-16-4-2-10-7-11(1-3-13(10)19-16)15-8-12-9-17-6-5-14(12)18-15;/h1,3,7-8,17-18H,2,4-6,9H2,(H,19,20);1H. The van der Waals surface area contributed by atoms with E-state index in [2.05, 4.69) is 33.8 Å². The van der Waals surface area contributed by atoms with Gasteiger partial charge in [-0.15, -0.1) is 12.4 Å². The van der Waals surface area contributed by atoms with Crippen LogP contribution in [0.15, 0.2) is 24.3 Å². The molecule has 4 nitrogen and oxygen atoms in total. The number of hydrogen-bond acceptors (Lipinski definition) is 2. The number of benzene rings is 1. The number of carbonyl (C=O) groups excluding carboxylic acids is 1. The van der Waals surface area contributed by atoms with Crippen molar-refractivity contribution in [2.24, 2.45) is 0 Å². The van der Waals surface area contributed by atoms with E-state index < -0.39 is 0 Å². The number of fused-ring (bicyclic) bond motifs is 2. The highest BCUT2D eigenvalue weighted by atomic mass is 35.5. The minimum atomic E-state index is 0. The summed E-state index contributed by atoms with van der Waals surface area (Å²) in [6.07, 6.45) is 2.48. The molecule has 0 spiro atoms. The molecule has 3 heterocycles. The Bertz CT molecular complexity index is 669. The summed E-state index contributed by atoms with van der Waals surface area (Å²) in [6.45, 7) is 2.00. The van der Waals surface area contributed by atoms with Crippen LogP contribution >= 0.6 is 12.4 Å². The fourth-order valence-electron chi connectivity index (χ4n) is 3.06. The van der Waals surface area contributed by atoms with Crippen molar-refractivity contribution in [1.82, 2.24) is 10.3 Å². The molecule has 5 heteroatoms. The molecular weight excluding hydrogens is 286 g/mol. The molecule has 4 rings (SSSR count). The van der Waals surface area contributed by atoms with Gasteiger partial charge in [-0.25, -0.2) is 0 Å². The van der Waals surface area contributed by atoms with Gasteiger partial charge in [-0.3, -0.25) is 4.79 Å². The molecule has 1 aromatic carbocycles. The molecule has 1 amide bonds. The van der Waals surface area contributed by atoms with Gasteiger partial charge in [0.15, 0.2) is 0 Å². The molecule has 0 atom stereocenters. The Kier molecular flexibility index (Phi) is 3.74. The molecule has 0 saturated heterocycles. The first-order chi connectivity index (χ1) is 9.79. The predicted molar refractivity (Wildman–Crippen MR) is 85.8 cm³/mol. The first kappa shape index (κ1) is 14.2. The Balaban J connectivity index is 0.00000132. The van der Waals surface area contributed by atoms with Gasteiger partial charge in [0.05, 0.1) is 0 Å². The van der Waals surface area contributed by atoms with E-state index in [4.69, 9.17) is 0 Å². The second-order valence-electron chi connectivity index (χ2n) is 5.53. The minimum Gasteiger partial charge on any atom is -0.358 e. The van der Waals surface area contributed by atoms with Crippen LogP contribution in [0.4, 0.5) is 5.69 Å². The van der Waals surface area contributed by atoms with Gasteiger partial charge in [0.2, 0.25) is 5.91 Å². The molecule has 2 aliphatic rings. The van der Waals surface area contributed by atoms with Crippen molar-refractivity contribution in [3.8, 4) is 11.3 Å². The van der Waals surface area contributed by atoms with Gasteiger partial charge < -0.3 is 15.6 Å². The number of anilines is 1. The molecule has 0 fully saturated rings. The number of hydrogen-bond donors (Lipinski definition) is 3. The average molecular weight is 304 g/mol. The second kappa shape index (κ2) is 5.54. The largest absolute Gasteiger partial charge is 0.358 e. The van der Waals surface area contributed by atoms with Gasteiger partial charge in [0.25, 0.3) is 0 Å². The van der Waals surface area contributed by atoms with Gasteiger partial charge in [-0.05, 0) is 41.3 Å². The van der Waals surface area contributed by atoms with E-state index in [1.165, 1.54) is 28.1 Å². The highest BCUT2D eigenvalue weighted by Gasteiger charge is 2.17. The van der Waals surface area contributed by atoms with Gasteiger partial charge in [0, 0.05) is 43.0 Å². The van der Waals surface area contributed by atoms with Gasteiger partial charge >= 0.3 is 0 Å². The number of rotatable bonds is 1. The summed E-state index contributed by atoms with van der Waals surface area (Å²) in [5, 5.41) is 6.32. The lowest BCUT2D eigenvalue weighted by Crippen LogP contribution is -2.22. The summed E-state index contributed by atoms with van der Waals surface area (Å²) in [7, 11) is 0. The first-order valence-electron chi connectivity index (χ1n) is 7.14. The molecule has 0 radical (unpaired) electrons. The molecule has 1 aromatic heterocycles. The molecular formula is C16H18ClN3O. The van der Waals surface area contributed by atoms with Gasteiger partial charge in [-0.2, -0.15) is 0 Å². The zero-order valence-corrected chi connectivity index (χ0v) is 12.5. The molecule has 0 aliphatic carbocycles. The molecule has 0 bridgehead atoms. The Labute approximate surface area is 129 Å². The lowest BCUT2D eigenvalue weighted by Gasteiger charge is -2.17. The molecule has 0 saturated carbocycles. The minimum absolute atomic E-state index is 0. The summed E-state index contributed by atoms with van der Waals surface area (Å²) in [6, 6.07) is 8.53. The normalized spacial score (nSPS) is 16.5. The van der Waals surface area contributed by atoms with Crippen molar-refractivity contribution in [2.45, 2.75) is 25.8 Å². The molecule has 3 N–H and O–H groups in total. The molecule has 21 heavy (non-hydrogen) atoms. The third kappa shape index (κ3) is 2.57. The lowest BCUT2D eigenvalue weighted by molar-refractivity contribution is -0.116. The molecule has 0 unspecified atom stereocenters. The van der Waals surface area contributed by atoms with Crippen LogP contribution in [0.1, 0.15) is 23.2 Å². The fraction of sp³-hybridized carbons (Fsp3) is 0.312. The van der Waals surface area contributed by atoms with Crippen molar-refractivity contribution >= 4 is 24.0 Å². The maximum atomic E-state index is 11.4. The Morgan fingerprint density at radius 3 is 2.76 bits per heavy atom. The summed E-state index contributed by atoms with van der Waals surface area (Å²) in [5.41, 5.74) is 7.30. The topological polar surface area (TPSA) is 56.9 Å². The number of aromatic nitrogens is 1. The number of amides is 1. The number of halogens is 1. The number of carbonyl (C=O) groups is 1. The van der Waals surface area contributed by atoms with Crippen LogP contribution in [0.3, 0.4) is 0 Å². The maximum absolute atomic E-state index is 11.4. The highest BCUT2D eigenvalue weighted by Crippen LogP contribution is 2.30. The van der Waals surface area contributed by atoms with Crippen LogP contribution in [0.25, 0.3) is 11.3 Å². The first-order valence-corrected chi connectivity index (χ1v) is 7.14. The zero-order valence-electron chi connectivity index (χ0n) is 11.7. The quantitative estimate of drug-likeness (QED) is 0.758. The Morgan fingerprint density at radius 1 is 1.00 bits per heavy atom. The summed E-state index contributed by atoms with van der Waals surface area (Å²) in [5.74, 6) is 0.117. The fourth-order valence-corrected chi connectivity index (χ4v) is 3.06. The number of aryl methyl sites for hydroxylation is 1. The zero-order chi connectivity index (χ0) is 13.5. The monoisotopic (exact) mass is 303 g/mol. The number of H-pyrrole nitrogens is 1. The lowest BCUT2D eigenvalue weighted by atomic mass is 9.99. The van der Waals surface area contributed by atoms with Crippen LogP contribution < -0.4 is 10.6 Å². The Hall–Kier alpha value is -1.78. The van der Waals surface area contributed by atoms with Gasteiger partial charge in [-0.1, -0.05) is 6.07 Å². The van der Waals surface area contributed by atoms with Crippen molar-refractivity contribution in [3.05, 3.63) is 41.1 Å². The second-order valence-corrected chi connectivity index (χ2v) is 5.53. The van der Waals surface area contributed by atoms with Crippen LogP contribution in [0.2, 0.25) is 0 Å².